The number of cyclic esters (lactones) is 1. The van der Waals surface area contributed by atoms with Crippen molar-refractivity contribution in [2.75, 3.05) is 0 Å². The van der Waals surface area contributed by atoms with Crippen LogP contribution in [0, 0.1) is 0 Å². The SMILES string of the molecule is C[C@H](OC(=O)/C=C/c1ccc(O)c(O)c1)[C@@H]1CC[C@H]([C@H](O)[C@H]2CC=CC(=O)O2)O1. The number of esters is 2. The first-order chi connectivity index (χ1) is 13.8. The molecule has 8 heteroatoms. The molecule has 2 aliphatic rings. The second-order valence-corrected chi connectivity index (χ2v) is 7.12. The van der Waals surface area contributed by atoms with Crippen LogP contribution in [0.5, 0.6) is 11.5 Å². The van der Waals surface area contributed by atoms with Gasteiger partial charge in [0.25, 0.3) is 0 Å². The Morgan fingerprint density at radius 3 is 2.69 bits per heavy atom. The number of phenols is 2. The van der Waals surface area contributed by atoms with Gasteiger partial charge >= 0.3 is 11.9 Å². The van der Waals surface area contributed by atoms with E-state index in [0.717, 1.165) is 0 Å². The minimum atomic E-state index is -0.945. The number of carbonyl (C=O) groups excluding carboxylic acids is 2. The fourth-order valence-corrected chi connectivity index (χ4v) is 3.38. The minimum Gasteiger partial charge on any atom is -0.504 e. The molecule has 1 fully saturated rings. The third kappa shape index (κ3) is 5.36. The summed E-state index contributed by atoms with van der Waals surface area (Å²) >= 11 is 0. The maximum atomic E-state index is 12.0. The molecule has 1 aromatic carbocycles. The van der Waals surface area contributed by atoms with Crippen molar-refractivity contribution in [3.8, 4) is 11.5 Å². The van der Waals surface area contributed by atoms with Crippen LogP contribution < -0.4 is 0 Å². The first-order valence-corrected chi connectivity index (χ1v) is 9.45. The van der Waals surface area contributed by atoms with Crippen molar-refractivity contribution in [1.82, 2.24) is 0 Å². The number of hydrogen-bond donors (Lipinski definition) is 3. The van der Waals surface area contributed by atoms with Crippen LogP contribution in [0.3, 0.4) is 0 Å². The zero-order chi connectivity index (χ0) is 21.0. The Labute approximate surface area is 168 Å². The molecule has 3 rings (SSSR count). The summed E-state index contributed by atoms with van der Waals surface area (Å²) in [7, 11) is 0. The summed E-state index contributed by atoms with van der Waals surface area (Å²) in [5, 5.41) is 29.2. The van der Waals surface area contributed by atoms with E-state index in [1.54, 1.807) is 19.1 Å². The van der Waals surface area contributed by atoms with E-state index in [2.05, 4.69) is 0 Å². The topological polar surface area (TPSA) is 123 Å². The standard InChI is InChI=1S/C21H24O8/c1-12(27-20(25)10-6-13-5-7-14(22)15(23)11-13)16-8-9-18(28-16)21(26)17-3-2-4-19(24)29-17/h2,4-7,10-12,16-18,21-23,26H,3,8-9H2,1H3/b10-6+/t12-,16-,17+,18+,21+/m0/s1. The Bertz CT molecular complexity index is 815. The summed E-state index contributed by atoms with van der Waals surface area (Å²) in [5.74, 6) is -1.58. The van der Waals surface area contributed by atoms with Gasteiger partial charge in [-0.3, -0.25) is 0 Å². The van der Waals surface area contributed by atoms with Gasteiger partial charge in [-0.1, -0.05) is 12.1 Å². The highest BCUT2D eigenvalue weighted by Crippen LogP contribution is 2.29. The molecule has 0 bridgehead atoms. The van der Waals surface area contributed by atoms with Gasteiger partial charge in [-0.25, -0.2) is 9.59 Å². The van der Waals surface area contributed by atoms with Crippen molar-refractivity contribution >= 4 is 18.0 Å². The van der Waals surface area contributed by atoms with Crippen LogP contribution in [-0.4, -0.2) is 57.8 Å². The summed E-state index contributed by atoms with van der Waals surface area (Å²) in [6, 6.07) is 4.18. The summed E-state index contributed by atoms with van der Waals surface area (Å²) in [4.78, 5) is 23.4. The number of aliphatic hydroxyl groups excluding tert-OH is 1. The number of ether oxygens (including phenoxy) is 3. The Balaban J connectivity index is 1.49. The van der Waals surface area contributed by atoms with Gasteiger partial charge < -0.3 is 29.5 Å². The predicted molar refractivity (Wildman–Crippen MR) is 102 cm³/mol. The Hall–Kier alpha value is -2.84. The van der Waals surface area contributed by atoms with Crippen LogP contribution in [0.4, 0.5) is 0 Å². The fourth-order valence-electron chi connectivity index (χ4n) is 3.38. The summed E-state index contributed by atoms with van der Waals surface area (Å²) in [5.41, 5.74) is 0.529. The molecule has 2 aliphatic heterocycles. The fraction of sp³-hybridized carbons (Fsp3) is 0.429. The highest BCUT2D eigenvalue weighted by molar-refractivity contribution is 5.87. The highest BCUT2D eigenvalue weighted by atomic mass is 16.6. The lowest BCUT2D eigenvalue weighted by Gasteiger charge is -2.28. The van der Waals surface area contributed by atoms with Gasteiger partial charge in [0.05, 0.1) is 12.2 Å². The molecule has 8 nitrogen and oxygen atoms in total. The zero-order valence-electron chi connectivity index (χ0n) is 15.9. The van der Waals surface area contributed by atoms with Crippen molar-refractivity contribution in [3.63, 3.8) is 0 Å². The van der Waals surface area contributed by atoms with Gasteiger partial charge in [-0.2, -0.15) is 0 Å². The van der Waals surface area contributed by atoms with E-state index in [4.69, 9.17) is 14.2 Å². The molecule has 0 aliphatic carbocycles. The Morgan fingerprint density at radius 2 is 1.97 bits per heavy atom. The highest BCUT2D eigenvalue weighted by Gasteiger charge is 2.39. The molecule has 1 aromatic rings. The van der Waals surface area contributed by atoms with Crippen molar-refractivity contribution in [2.45, 2.75) is 56.7 Å². The second-order valence-electron chi connectivity index (χ2n) is 7.12. The monoisotopic (exact) mass is 404 g/mol. The lowest BCUT2D eigenvalue weighted by atomic mass is 10.0. The normalized spacial score (nSPS) is 26.3. The molecule has 0 unspecified atom stereocenters. The summed E-state index contributed by atoms with van der Waals surface area (Å²) in [6.07, 6.45) is 4.27. The summed E-state index contributed by atoms with van der Waals surface area (Å²) < 4.78 is 16.3. The molecule has 0 amide bonds. The third-order valence-electron chi connectivity index (χ3n) is 4.97. The average molecular weight is 404 g/mol. The summed E-state index contributed by atoms with van der Waals surface area (Å²) in [6.45, 7) is 1.71. The number of aromatic hydroxyl groups is 2. The number of aliphatic hydroxyl groups is 1. The molecule has 5 atom stereocenters. The molecule has 0 radical (unpaired) electrons. The molecule has 29 heavy (non-hydrogen) atoms. The Kier molecular flexibility index (Phi) is 6.56. The molecule has 2 heterocycles. The second kappa shape index (κ2) is 9.11. The Morgan fingerprint density at radius 1 is 1.21 bits per heavy atom. The smallest absolute Gasteiger partial charge is 0.331 e. The molecule has 3 N–H and O–H groups in total. The largest absolute Gasteiger partial charge is 0.504 e. The number of benzene rings is 1. The van der Waals surface area contributed by atoms with Crippen molar-refractivity contribution < 1.29 is 39.1 Å². The van der Waals surface area contributed by atoms with Crippen LogP contribution in [0.25, 0.3) is 6.08 Å². The van der Waals surface area contributed by atoms with E-state index >= 15 is 0 Å². The quantitative estimate of drug-likeness (QED) is 0.373. The maximum absolute atomic E-state index is 12.0. The van der Waals surface area contributed by atoms with Gasteiger partial charge in [0.2, 0.25) is 0 Å². The van der Waals surface area contributed by atoms with Crippen molar-refractivity contribution in [3.05, 3.63) is 42.0 Å². The average Bonchev–Trinajstić information content (AvgIpc) is 3.18. The van der Waals surface area contributed by atoms with E-state index < -0.39 is 36.4 Å². The van der Waals surface area contributed by atoms with Gasteiger partial charge in [-0.05, 0) is 43.5 Å². The predicted octanol–water partition coefficient (Wildman–Crippen LogP) is 1.82. The van der Waals surface area contributed by atoms with Crippen LogP contribution in [0.2, 0.25) is 0 Å². The van der Waals surface area contributed by atoms with Gasteiger partial charge in [-0.15, -0.1) is 0 Å². The minimum absolute atomic E-state index is 0.243. The van der Waals surface area contributed by atoms with E-state index in [1.807, 2.05) is 0 Å². The molecule has 0 spiro atoms. The van der Waals surface area contributed by atoms with Crippen molar-refractivity contribution in [2.24, 2.45) is 0 Å². The molecule has 1 saturated heterocycles. The number of hydrogen-bond acceptors (Lipinski definition) is 8. The van der Waals surface area contributed by atoms with Gasteiger partial charge in [0.15, 0.2) is 11.5 Å². The van der Waals surface area contributed by atoms with Crippen LogP contribution >= 0.6 is 0 Å². The molecular weight excluding hydrogens is 380 g/mol. The number of rotatable bonds is 6. The van der Waals surface area contributed by atoms with Crippen LogP contribution in [0.1, 0.15) is 31.7 Å². The van der Waals surface area contributed by atoms with E-state index in [9.17, 15) is 24.9 Å². The molecule has 156 valence electrons. The van der Waals surface area contributed by atoms with Gasteiger partial charge in [0, 0.05) is 18.6 Å². The lowest BCUT2D eigenvalue weighted by Crippen LogP contribution is -2.41. The van der Waals surface area contributed by atoms with Crippen molar-refractivity contribution in [1.29, 1.82) is 0 Å². The first kappa shape index (κ1) is 20.9. The number of phenolic OH excluding ortho intramolecular Hbond substituents is 2. The van der Waals surface area contributed by atoms with Gasteiger partial charge in [0.1, 0.15) is 18.3 Å². The molecule has 0 saturated carbocycles. The number of carbonyl (C=O) groups is 2. The zero-order valence-corrected chi connectivity index (χ0v) is 15.9. The lowest BCUT2D eigenvalue weighted by molar-refractivity contribution is -0.164. The first-order valence-electron chi connectivity index (χ1n) is 9.45. The van der Waals surface area contributed by atoms with Crippen LogP contribution in [-0.2, 0) is 23.8 Å². The van der Waals surface area contributed by atoms with E-state index in [0.29, 0.717) is 24.8 Å². The molecular formula is C21H24O8. The van der Waals surface area contributed by atoms with E-state index in [1.165, 1.54) is 30.4 Å². The molecule has 0 aromatic heterocycles. The van der Waals surface area contributed by atoms with Crippen LogP contribution in [0.15, 0.2) is 36.4 Å². The van der Waals surface area contributed by atoms with E-state index in [-0.39, 0.29) is 17.6 Å². The third-order valence-corrected chi connectivity index (χ3v) is 4.97. The maximum Gasteiger partial charge on any atom is 0.331 e.